The second-order valence-corrected chi connectivity index (χ2v) is 4.98. The van der Waals surface area contributed by atoms with E-state index in [2.05, 4.69) is 20.2 Å². The summed E-state index contributed by atoms with van der Waals surface area (Å²) in [5.41, 5.74) is 7.09. The van der Waals surface area contributed by atoms with Gasteiger partial charge in [0.05, 0.1) is 28.7 Å². The van der Waals surface area contributed by atoms with Crippen molar-refractivity contribution in [3.05, 3.63) is 35.3 Å². The first-order chi connectivity index (χ1) is 10.3. The molecule has 0 amide bonds. The molecule has 0 radical (unpaired) electrons. The quantitative estimate of drug-likeness (QED) is 0.723. The van der Waals surface area contributed by atoms with Gasteiger partial charge in [0, 0.05) is 10.9 Å². The lowest BCUT2D eigenvalue weighted by atomic mass is 9.97. The van der Waals surface area contributed by atoms with Gasteiger partial charge in [0.1, 0.15) is 0 Å². The van der Waals surface area contributed by atoms with E-state index in [-0.39, 0.29) is 5.95 Å². The molecule has 2 aromatic heterocycles. The zero-order valence-corrected chi connectivity index (χ0v) is 11.8. The summed E-state index contributed by atoms with van der Waals surface area (Å²) in [4.78, 5) is 8.10. The minimum atomic E-state index is -4.45. The smallest absolute Gasteiger partial charge is 0.368 e. The van der Waals surface area contributed by atoms with Gasteiger partial charge in [-0.15, -0.1) is 0 Å². The number of H-pyrrole nitrogens is 1. The molecule has 2 heterocycles. The maximum absolute atomic E-state index is 13.1. The second-order valence-electron chi connectivity index (χ2n) is 4.98. The van der Waals surface area contributed by atoms with Crippen molar-refractivity contribution in [2.75, 3.05) is 5.73 Å². The second kappa shape index (κ2) is 4.69. The number of halogens is 3. The molecule has 0 fully saturated rings. The average Bonchev–Trinajstić information content (AvgIpc) is 2.84. The number of aryl methyl sites for hydroxylation is 2. The fourth-order valence-electron chi connectivity index (χ4n) is 2.55. The lowest BCUT2D eigenvalue weighted by molar-refractivity contribution is -0.137. The molecule has 22 heavy (non-hydrogen) atoms. The Balaban J connectivity index is 2.38. The molecule has 0 aliphatic carbocycles. The molecule has 5 nitrogen and oxygen atoms in total. The van der Waals surface area contributed by atoms with Crippen molar-refractivity contribution >= 4 is 16.9 Å². The summed E-state index contributed by atoms with van der Waals surface area (Å²) in [7, 11) is 0. The molecule has 3 aromatic rings. The number of hydrogen-bond donors (Lipinski definition) is 2. The topological polar surface area (TPSA) is 80.5 Å². The number of aromatic amines is 1. The van der Waals surface area contributed by atoms with E-state index < -0.39 is 11.7 Å². The van der Waals surface area contributed by atoms with Crippen LogP contribution >= 0.6 is 0 Å². The molecule has 0 saturated heterocycles. The van der Waals surface area contributed by atoms with Crippen LogP contribution in [-0.2, 0) is 6.18 Å². The highest BCUT2D eigenvalue weighted by Crippen LogP contribution is 2.38. The molecule has 0 saturated carbocycles. The van der Waals surface area contributed by atoms with Gasteiger partial charge in [-0.3, -0.25) is 5.10 Å². The number of alkyl halides is 3. The van der Waals surface area contributed by atoms with Crippen LogP contribution in [0, 0.1) is 13.8 Å². The van der Waals surface area contributed by atoms with Gasteiger partial charge in [0.25, 0.3) is 0 Å². The highest BCUT2D eigenvalue weighted by molar-refractivity contribution is 5.96. The maximum Gasteiger partial charge on any atom is 0.416 e. The molecule has 114 valence electrons. The predicted molar refractivity (Wildman–Crippen MR) is 76.0 cm³/mol. The van der Waals surface area contributed by atoms with Crippen molar-refractivity contribution in [2.45, 2.75) is 20.0 Å². The van der Waals surface area contributed by atoms with Crippen molar-refractivity contribution < 1.29 is 13.2 Å². The van der Waals surface area contributed by atoms with Crippen LogP contribution in [0.15, 0.2) is 18.3 Å². The fourth-order valence-corrected chi connectivity index (χ4v) is 2.55. The minimum Gasteiger partial charge on any atom is -0.368 e. The molecule has 3 rings (SSSR count). The van der Waals surface area contributed by atoms with Crippen LogP contribution in [0.3, 0.4) is 0 Å². The van der Waals surface area contributed by atoms with Crippen molar-refractivity contribution in [1.82, 2.24) is 20.2 Å². The third-order valence-electron chi connectivity index (χ3n) is 3.44. The number of benzene rings is 1. The Morgan fingerprint density at radius 3 is 2.32 bits per heavy atom. The van der Waals surface area contributed by atoms with Gasteiger partial charge in [-0.2, -0.15) is 18.3 Å². The molecule has 0 atom stereocenters. The van der Waals surface area contributed by atoms with Gasteiger partial charge >= 0.3 is 6.18 Å². The average molecular weight is 307 g/mol. The largest absolute Gasteiger partial charge is 0.416 e. The van der Waals surface area contributed by atoms with Crippen LogP contribution < -0.4 is 5.73 Å². The SMILES string of the molecule is Cc1nc(N)nc(C)c1-c1cc(C(F)(F)F)cc2[nH]ncc12. The molecule has 1 aromatic carbocycles. The number of nitrogen functional groups attached to an aromatic ring is 1. The van der Waals surface area contributed by atoms with Crippen molar-refractivity contribution in [1.29, 1.82) is 0 Å². The van der Waals surface area contributed by atoms with Gasteiger partial charge in [0.15, 0.2) is 0 Å². The summed E-state index contributed by atoms with van der Waals surface area (Å²) < 4.78 is 39.3. The number of nitrogens with zero attached hydrogens (tertiary/aromatic N) is 3. The highest BCUT2D eigenvalue weighted by Gasteiger charge is 2.32. The van der Waals surface area contributed by atoms with Crippen LogP contribution in [0.5, 0.6) is 0 Å². The Bertz CT molecular complexity index is 844. The van der Waals surface area contributed by atoms with Crippen LogP contribution in [0.1, 0.15) is 17.0 Å². The molecule has 3 N–H and O–H groups in total. The highest BCUT2D eigenvalue weighted by atomic mass is 19.4. The molecule has 8 heteroatoms. The Morgan fingerprint density at radius 2 is 1.73 bits per heavy atom. The first-order valence-electron chi connectivity index (χ1n) is 6.43. The maximum atomic E-state index is 13.1. The number of nitrogens with two attached hydrogens (primary N) is 1. The summed E-state index contributed by atoms with van der Waals surface area (Å²) >= 11 is 0. The Kier molecular flexibility index (Phi) is 3.05. The molecule has 0 aliphatic heterocycles. The van der Waals surface area contributed by atoms with Crippen molar-refractivity contribution in [3.63, 3.8) is 0 Å². The zero-order chi connectivity index (χ0) is 16.1. The number of nitrogens with one attached hydrogen (secondary N) is 1. The van der Waals surface area contributed by atoms with Gasteiger partial charge in [-0.1, -0.05) is 0 Å². The van der Waals surface area contributed by atoms with Crippen molar-refractivity contribution in [2.24, 2.45) is 0 Å². The number of fused-ring (bicyclic) bond motifs is 1. The van der Waals surface area contributed by atoms with Gasteiger partial charge < -0.3 is 5.73 Å². The molecular formula is C14H12F3N5. The number of hydrogen-bond acceptors (Lipinski definition) is 4. The predicted octanol–water partition coefficient (Wildman–Crippen LogP) is 3.24. The van der Waals surface area contributed by atoms with Crippen LogP contribution in [0.25, 0.3) is 22.0 Å². The van der Waals surface area contributed by atoms with Crippen LogP contribution in [0.2, 0.25) is 0 Å². The summed E-state index contributed by atoms with van der Waals surface area (Å²) in [5, 5.41) is 6.98. The fraction of sp³-hybridized carbons (Fsp3) is 0.214. The van der Waals surface area contributed by atoms with Gasteiger partial charge in [-0.05, 0) is 31.5 Å². The molecule has 0 unspecified atom stereocenters. The Labute approximate surface area is 123 Å². The third-order valence-corrected chi connectivity index (χ3v) is 3.44. The van der Waals surface area contributed by atoms with E-state index in [0.29, 0.717) is 33.4 Å². The third kappa shape index (κ3) is 2.26. The van der Waals surface area contributed by atoms with E-state index in [1.54, 1.807) is 13.8 Å². The first-order valence-corrected chi connectivity index (χ1v) is 6.43. The van der Waals surface area contributed by atoms with E-state index in [1.165, 1.54) is 6.20 Å². The molecule has 0 aliphatic rings. The minimum absolute atomic E-state index is 0.0918. The van der Waals surface area contributed by atoms with Gasteiger partial charge in [-0.25, -0.2) is 9.97 Å². The number of anilines is 1. The molecular weight excluding hydrogens is 295 g/mol. The molecule has 0 bridgehead atoms. The van der Waals surface area contributed by atoms with E-state index in [0.717, 1.165) is 12.1 Å². The molecule has 0 spiro atoms. The standard InChI is InChI=1S/C14H12F3N5/c1-6-12(7(2)21-13(18)20-6)9-3-8(14(15,16)17)4-11-10(9)5-19-22-11/h3-5H,1-2H3,(H,19,22)(H2,18,20,21). The number of aromatic nitrogens is 4. The Morgan fingerprint density at radius 1 is 1.09 bits per heavy atom. The van der Waals surface area contributed by atoms with E-state index in [4.69, 9.17) is 5.73 Å². The monoisotopic (exact) mass is 307 g/mol. The number of rotatable bonds is 1. The van der Waals surface area contributed by atoms with E-state index in [1.807, 2.05) is 0 Å². The summed E-state index contributed by atoms with van der Waals surface area (Å²) in [6.45, 7) is 3.37. The lowest BCUT2D eigenvalue weighted by Crippen LogP contribution is -2.06. The Hall–Kier alpha value is -2.64. The van der Waals surface area contributed by atoms with Crippen molar-refractivity contribution in [3.8, 4) is 11.1 Å². The van der Waals surface area contributed by atoms with E-state index >= 15 is 0 Å². The normalized spacial score (nSPS) is 12.0. The zero-order valence-electron chi connectivity index (χ0n) is 11.8. The van der Waals surface area contributed by atoms with E-state index in [9.17, 15) is 13.2 Å². The van der Waals surface area contributed by atoms with Crippen LogP contribution in [0.4, 0.5) is 19.1 Å². The summed E-state index contributed by atoms with van der Waals surface area (Å²) in [6.07, 6.45) is -2.97. The summed E-state index contributed by atoms with van der Waals surface area (Å²) in [5.74, 6) is 0.0918. The summed E-state index contributed by atoms with van der Waals surface area (Å²) in [6, 6.07) is 2.13. The van der Waals surface area contributed by atoms with Gasteiger partial charge in [0.2, 0.25) is 5.95 Å². The lowest BCUT2D eigenvalue weighted by Gasteiger charge is -2.13. The van der Waals surface area contributed by atoms with Crippen LogP contribution in [-0.4, -0.2) is 20.2 Å². The first kappa shape index (κ1) is 14.3.